The molecule has 0 saturated heterocycles. The first-order valence-corrected chi connectivity index (χ1v) is 52.9. The van der Waals surface area contributed by atoms with Gasteiger partial charge in [0.25, 0.3) is 0 Å². The maximum Gasteiger partial charge on any atom is 0.410 e. The molecule has 1 atom stereocenters. The van der Waals surface area contributed by atoms with Crippen molar-refractivity contribution in [2.75, 3.05) is 79.0 Å². The number of nitrogens with zero attached hydrogens (tertiary/aromatic N) is 18. The van der Waals surface area contributed by atoms with Crippen molar-refractivity contribution in [2.45, 2.75) is 246 Å². The van der Waals surface area contributed by atoms with E-state index in [0.717, 1.165) is 131 Å². The molecule has 1 aliphatic heterocycles. The van der Waals surface area contributed by atoms with Gasteiger partial charge in [0.05, 0.1) is 53.4 Å². The number of nitrogens with two attached hydrogens (primary N) is 2. The Bertz CT molecular complexity index is 6280. The fraction of sp³-hybridized carbons (Fsp3) is 0.527. The van der Waals surface area contributed by atoms with Crippen LogP contribution in [0.5, 0.6) is 0 Å². The molecule has 1 aromatic carbocycles. The number of hydrogen-bond donors (Lipinski definition) is 9. The van der Waals surface area contributed by atoms with Gasteiger partial charge in [0.15, 0.2) is 32.1 Å². The number of hydrogen-bond acceptors (Lipinski definition) is 37. The van der Waals surface area contributed by atoms with Gasteiger partial charge >= 0.3 is 24.0 Å². The van der Waals surface area contributed by atoms with E-state index in [1.807, 2.05) is 79.4 Å². The fourth-order valence-electron chi connectivity index (χ4n) is 19.3. The number of aliphatic carboxylic acids is 1. The maximum absolute atomic E-state index is 12.0. The van der Waals surface area contributed by atoms with Crippen LogP contribution in [0.4, 0.5) is 27.9 Å². The number of amides is 1. The number of carboxylic acids is 1. The normalized spacial score (nSPS) is 25.2. The zero-order valence-electron chi connectivity index (χ0n) is 77.7. The number of nitrogen functional groups attached to an aromatic ring is 1. The molecule has 11 N–H and O–H groups in total. The van der Waals surface area contributed by atoms with Gasteiger partial charge in [-0.3, -0.25) is 24.6 Å². The van der Waals surface area contributed by atoms with Crippen LogP contribution in [-0.2, 0) is 60.5 Å². The Morgan fingerprint density at radius 3 is 1.41 bits per heavy atom. The third-order valence-electron chi connectivity index (χ3n) is 26.8. The van der Waals surface area contributed by atoms with Crippen LogP contribution in [0.3, 0.4) is 0 Å². The van der Waals surface area contributed by atoms with Crippen molar-refractivity contribution >= 4 is 157 Å². The Morgan fingerprint density at radius 1 is 0.588 bits per heavy atom. The van der Waals surface area contributed by atoms with Crippen LogP contribution in [0.2, 0.25) is 5.15 Å². The molecular formula is C93H112ClN25O11S6. The summed E-state index contributed by atoms with van der Waals surface area (Å²) in [7, 11) is -1.27. The Balaban J connectivity index is 0.000000125. The molecular weight excluding hydrogens is 1870 g/mol. The molecule has 18 fully saturated rings. The molecule has 718 valence electrons. The molecule has 19 aliphatic rings. The molecule has 0 spiro atoms. The van der Waals surface area contributed by atoms with Crippen molar-refractivity contribution in [3.05, 3.63) is 128 Å². The monoisotopic (exact) mass is 1980 g/mol. The average molecular weight is 1980 g/mol. The van der Waals surface area contributed by atoms with Crippen LogP contribution in [-0.4, -0.2) is 204 Å². The van der Waals surface area contributed by atoms with Crippen molar-refractivity contribution in [3.63, 3.8) is 0 Å². The van der Waals surface area contributed by atoms with E-state index in [-0.39, 0.29) is 62.2 Å². The number of carboxylic acid groups (broad SMARTS) is 1. The lowest BCUT2D eigenvalue weighted by atomic mass is 9.49. The molecule has 18 saturated carbocycles. The lowest BCUT2D eigenvalue weighted by molar-refractivity contribution is -0.135. The first-order valence-electron chi connectivity index (χ1n) is 44.8. The topological polar surface area (TPSA) is 546 Å². The van der Waals surface area contributed by atoms with Crippen LogP contribution >= 0.6 is 70.4 Å². The third kappa shape index (κ3) is 22.5. The van der Waals surface area contributed by atoms with E-state index >= 15 is 0 Å². The molecule has 12 bridgehead atoms. The Hall–Kier alpha value is -10.8. The molecule has 28 rings (SSSR count). The van der Waals surface area contributed by atoms with Crippen molar-refractivity contribution in [3.8, 4) is 18.2 Å². The number of benzene rings is 1. The summed E-state index contributed by atoms with van der Waals surface area (Å²) in [5.41, 5.74) is 19.9. The van der Waals surface area contributed by atoms with E-state index in [1.165, 1.54) is 160 Å². The van der Waals surface area contributed by atoms with Crippen molar-refractivity contribution in [2.24, 2.45) is 41.2 Å². The largest absolute Gasteiger partial charge is 0.480 e. The second-order valence-electron chi connectivity index (χ2n) is 37.8. The minimum atomic E-state index is -1.27. The first-order chi connectivity index (χ1) is 64.9. The summed E-state index contributed by atoms with van der Waals surface area (Å²) in [5, 5.41) is 75.4. The van der Waals surface area contributed by atoms with Crippen molar-refractivity contribution < 1.29 is 52.6 Å². The second kappa shape index (κ2) is 42.3. The van der Waals surface area contributed by atoms with Gasteiger partial charge in [0, 0.05) is 112 Å². The molecule has 136 heavy (non-hydrogen) atoms. The van der Waals surface area contributed by atoms with Gasteiger partial charge in [0.2, 0.25) is 5.16 Å². The molecule has 18 aliphatic carbocycles. The van der Waals surface area contributed by atoms with Crippen LogP contribution in [0.1, 0.15) is 216 Å². The van der Waals surface area contributed by atoms with Gasteiger partial charge in [-0.25, -0.2) is 74.2 Å². The molecule has 1 amide bonds. The van der Waals surface area contributed by atoms with E-state index in [0.29, 0.717) is 103 Å². The van der Waals surface area contributed by atoms with E-state index in [2.05, 4.69) is 87.9 Å². The Labute approximate surface area is 816 Å². The van der Waals surface area contributed by atoms with E-state index in [9.17, 15) is 43.8 Å². The molecule has 0 radical (unpaired) electrons. The predicted octanol–water partition coefficient (Wildman–Crippen LogP) is 14.1. The Kier molecular flexibility index (Phi) is 31.5. The van der Waals surface area contributed by atoms with Gasteiger partial charge in [-0.2, -0.15) is 15.8 Å². The number of anilines is 4. The molecule has 1 unspecified atom stereocenters. The number of rotatable bonds is 21. The highest BCUT2D eigenvalue weighted by atomic mass is 35.5. The summed E-state index contributed by atoms with van der Waals surface area (Å²) in [5.74, 6) is 5.55. The SMILES string of the molecule is CC(C)(C)OC(=O)N1CCc2cc(N)ccc2C1.CCOC(=O)c1cnc(SC)nc1Cl.CCOC(=O)c1cnc(SC)nc1NC12CC(C1)C2.CS(=O)c1ncc2cc(C#N)c(=N)n(C34CC(C3)C4)c2n1.CSc1ncc(C=O)c(NC23CC(C2)C3)n1.CSc1ncc(CO)c(NC23CC(C2)C3)n1.CSc1ncc2cc(C#N)c(=N)n(C34CC(C3)C4)c2n1.N#CCC(=O)O.NC12CC(C1)C2. The highest BCUT2D eigenvalue weighted by Crippen LogP contribution is 2.64. The number of pyridine rings is 2. The minimum Gasteiger partial charge on any atom is -0.480 e. The fourth-order valence-corrected chi connectivity index (χ4v) is 21.7. The number of aliphatic hydroxyl groups excluding tert-OH is 1. The number of esters is 2. The molecule has 9 aromatic rings. The Morgan fingerprint density at radius 2 is 1.01 bits per heavy atom. The second-order valence-corrected chi connectivity index (χ2v) is 43.3. The molecule has 9 heterocycles. The predicted molar refractivity (Wildman–Crippen MR) is 519 cm³/mol. The molecule has 8 aromatic heterocycles. The number of aromatic nitrogens is 14. The number of halogens is 1. The van der Waals surface area contributed by atoms with E-state index in [1.54, 1.807) is 61.9 Å². The quantitative estimate of drug-likeness (QED) is 0.00613. The van der Waals surface area contributed by atoms with Gasteiger partial charge in [-0.1, -0.05) is 76.5 Å². The number of carbonyl (C=O) groups is 5. The van der Waals surface area contributed by atoms with Gasteiger partial charge in [-0.15, -0.1) is 0 Å². The van der Waals surface area contributed by atoms with Crippen LogP contribution in [0.25, 0.3) is 22.1 Å². The summed E-state index contributed by atoms with van der Waals surface area (Å²) < 4.78 is 30.7. The number of carbonyl (C=O) groups excluding carboxylic acids is 4. The first kappa shape index (κ1) is 101. The smallest absolute Gasteiger partial charge is 0.410 e. The average Bonchev–Trinajstić information content (AvgIpc) is 0.688. The number of thioether (sulfide) groups is 5. The maximum atomic E-state index is 12.0. The summed E-state index contributed by atoms with van der Waals surface area (Å²) >= 11 is 13.1. The summed E-state index contributed by atoms with van der Waals surface area (Å²) in [6.07, 6.45) is 43.2. The lowest BCUT2D eigenvalue weighted by Crippen LogP contribution is -2.64. The minimum absolute atomic E-state index is 0.00347. The molecule has 36 nitrogen and oxygen atoms in total. The zero-order chi connectivity index (χ0) is 97.6. The number of ether oxygens (including phenoxy) is 3. The van der Waals surface area contributed by atoms with Crippen LogP contribution in [0, 0.1) is 80.3 Å². The van der Waals surface area contributed by atoms with E-state index in [4.69, 9.17) is 58.5 Å². The van der Waals surface area contributed by atoms with Crippen LogP contribution < -0.4 is 38.4 Å². The highest BCUT2D eigenvalue weighted by molar-refractivity contribution is 7.99. The molecule has 43 heteroatoms. The van der Waals surface area contributed by atoms with Gasteiger partial charge in [-0.05, 0) is 259 Å². The number of aliphatic hydroxyl groups is 1. The van der Waals surface area contributed by atoms with Gasteiger partial charge < -0.3 is 65.9 Å². The van der Waals surface area contributed by atoms with Gasteiger partial charge in [0.1, 0.15) is 80.2 Å². The number of fused-ring (bicyclic) bond motifs is 3. The summed E-state index contributed by atoms with van der Waals surface area (Å²) in [6.45, 7) is 11.1. The van der Waals surface area contributed by atoms with Crippen LogP contribution in [0.15, 0.2) is 98.5 Å². The standard InChI is InChI=1S/C14H13N5OS.C14H13N5S.C14H20N2O2.C13H17N3O2S.C11H15N3OS.C11H13N3OS.C8H9ClN2O2S.C5H9N.C3H3NO2/c1-21(20)13-17-7-10-2-9(6-15)11(16)19(12(10)18-13)14-3-8(4-14)5-14;1-20-13-17-7-10-2-9(6-15)11(16)19(12(10)18-13)14-3-8(4-14)5-14;1-14(2,3)18-13(17)16-7-6-10-8-12(15)5-4-11(10)9-16;1-3-18-11(17)9-7-14-12(19-2)15-10(9)16-13-4-8(5-13)6-13;2*1-16-10-12-5-8(6-15)9(13-10)14-11-2-7(3-11)4-11;1-3-13-7(12)5-4-10-8(14-2)11-6(5)9;6-5-1-4(2-5)3-5;4-2-1-3(5)6/h2,7-8,16H,3-5H2,1H3;2,7-8,16H,3-5H2,1H3;4-5,8H,6-7,9,15H2,1-3H3;7-8H,3-6H2,1-2H3,(H,14,15,16);5,7,15H,2-4,6H2,1H3,(H,12,13,14);5-7H,2-4H2,1H3,(H,12,13,14);4H,3H2,1-2H3;4H,1-3,6H2;1H2,(H,5,6). The lowest BCUT2D eigenvalue weighted by Gasteiger charge is -2.62. The number of nitrogens with one attached hydrogen (secondary N) is 5. The highest BCUT2D eigenvalue weighted by Gasteiger charge is 2.62. The third-order valence-corrected chi connectivity index (χ3v) is 30.6. The summed E-state index contributed by atoms with van der Waals surface area (Å²) in [6, 6.07) is 14.9. The van der Waals surface area contributed by atoms with Crippen molar-refractivity contribution in [1.29, 1.82) is 26.6 Å². The summed E-state index contributed by atoms with van der Waals surface area (Å²) in [4.78, 5) is 108. The zero-order valence-corrected chi connectivity index (χ0v) is 83.3. The number of aldehydes is 1. The number of nitriles is 3. The van der Waals surface area contributed by atoms with Crippen molar-refractivity contribution in [1.82, 2.24) is 73.8 Å². The van der Waals surface area contributed by atoms with E-state index < -0.39 is 34.8 Å².